The summed E-state index contributed by atoms with van der Waals surface area (Å²) in [7, 11) is 0. The highest BCUT2D eigenvalue weighted by atomic mass is 16.5. The Hall–Kier alpha value is -4.20. The number of fused-ring (bicyclic) bond motifs is 2. The summed E-state index contributed by atoms with van der Waals surface area (Å²) in [6, 6.07) is 16.8. The van der Waals surface area contributed by atoms with Gasteiger partial charge in [0, 0.05) is 23.1 Å². The molecule has 0 aliphatic rings. The van der Waals surface area contributed by atoms with Crippen LogP contribution in [0.1, 0.15) is 29.1 Å². The van der Waals surface area contributed by atoms with Gasteiger partial charge in [-0.2, -0.15) is 9.83 Å². The number of H-pyrrole nitrogens is 2. The van der Waals surface area contributed by atoms with Crippen LogP contribution in [-0.2, 0) is 0 Å². The van der Waals surface area contributed by atoms with Crippen molar-refractivity contribution in [3.8, 4) is 11.3 Å². The van der Waals surface area contributed by atoms with Crippen LogP contribution in [0, 0.1) is 5.21 Å². The number of benzene rings is 2. The third-order valence-electron chi connectivity index (χ3n) is 5.10. The minimum Gasteiger partial charge on any atom is -0.619 e. The van der Waals surface area contributed by atoms with E-state index in [-0.39, 0.29) is 17.8 Å². The highest BCUT2D eigenvalue weighted by Gasteiger charge is 2.17. The molecule has 0 bridgehead atoms. The summed E-state index contributed by atoms with van der Waals surface area (Å²) < 4.78 is 0.728. The van der Waals surface area contributed by atoms with Crippen molar-refractivity contribution in [3.05, 3.63) is 83.6 Å². The summed E-state index contributed by atoms with van der Waals surface area (Å²) in [6.07, 6.45) is 2.86. The number of imidazole rings is 1. The van der Waals surface area contributed by atoms with E-state index < -0.39 is 0 Å². The van der Waals surface area contributed by atoms with Crippen LogP contribution in [0.25, 0.3) is 33.2 Å². The van der Waals surface area contributed by atoms with E-state index in [2.05, 4.69) is 25.5 Å². The average molecular weight is 398 g/mol. The number of carbonyl (C=O) groups is 1. The molecule has 2 aromatic carbocycles. The van der Waals surface area contributed by atoms with Gasteiger partial charge in [0.15, 0.2) is 18.2 Å². The molecule has 0 unspecified atom stereocenters. The zero-order valence-corrected chi connectivity index (χ0v) is 16.1. The summed E-state index contributed by atoms with van der Waals surface area (Å²) in [4.78, 5) is 20.3. The predicted octanol–water partition coefficient (Wildman–Crippen LogP) is 3.23. The quantitative estimate of drug-likeness (QED) is 0.319. The normalized spacial score (nSPS) is 12.3. The molecule has 0 aliphatic heterocycles. The summed E-state index contributed by atoms with van der Waals surface area (Å²) in [5.74, 6) is -0.0188. The molecule has 8 heteroatoms. The molecule has 0 aliphatic carbocycles. The highest BCUT2D eigenvalue weighted by Crippen LogP contribution is 2.28. The minimum absolute atomic E-state index is 0.140. The van der Waals surface area contributed by atoms with E-state index >= 15 is 0 Å². The largest absolute Gasteiger partial charge is 0.619 e. The second-order valence-electron chi connectivity index (χ2n) is 7.13. The van der Waals surface area contributed by atoms with Crippen LogP contribution in [0.5, 0.6) is 0 Å². The third kappa shape index (κ3) is 3.14. The first-order valence-electron chi connectivity index (χ1n) is 9.51. The lowest BCUT2D eigenvalue weighted by Gasteiger charge is -2.12. The zero-order chi connectivity index (χ0) is 20.7. The van der Waals surface area contributed by atoms with Crippen LogP contribution in [0.3, 0.4) is 0 Å². The van der Waals surface area contributed by atoms with Crippen LogP contribution in [-0.4, -0.2) is 26.1 Å². The van der Waals surface area contributed by atoms with Crippen molar-refractivity contribution in [1.82, 2.24) is 25.5 Å². The summed E-state index contributed by atoms with van der Waals surface area (Å²) in [5, 5.41) is 22.5. The topological polar surface area (TPSA) is 113 Å². The Balaban J connectivity index is 1.47. The third-order valence-corrected chi connectivity index (χ3v) is 5.10. The number of pyridine rings is 1. The minimum atomic E-state index is -0.271. The lowest BCUT2D eigenvalue weighted by atomic mass is 10.1. The molecule has 8 nitrogen and oxygen atoms in total. The van der Waals surface area contributed by atoms with E-state index in [0.717, 1.165) is 38.0 Å². The number of rotatable bonds is 4. The molecule has 0 fully saturated rings. The molecule has 0 radical (unpaired) electrons. The maximum Gasteiger partial charge on any atom is 0.287 e. The molecule has 1 amide bonds. The van der Waals surface area contributed by atoms with Crippen LogP contribution in [0.2, 0.25) is 0 Å². The van der Waals surface area contributed by atoms with Crippen molar-refractivity contribution in [1.29, 1.82) is 0 Å². The number of aromatic amines is 2. The van der Waals surface area contributed by atoms with Crippen molar-refractivity contribution in [3.63, 3.8) is 0 Å². The van der Waals surface area contributed by atoms with Crippen LogP contribution >= 0.6 is 0 Å². The second-order valence-corrected chi connectivity index (χ2v) is 7.13. The van der Waals surface area contributed by atoms with Crippen molar-refractivity contribution < 1.29 is 9.52 Å². The van der Waals surface area contributed by atoms with Crippen molar-refractivity contribution >= 4 is 27.8 Å². The maximum absolute atomic E-state index is 12.7. The van der Waals surface area contributed by atoms with Crippen molar-refractivity contribution in [2.24, 2.45) is 0 Å². The van der Waals surface area contributed by atoms with Gasteiger partial charge in [-0.25, -0.2) is 4.98 Å². The number of amides is 1. The van der Waals surface area contributed by atoms with Gasteiger partial charge in [0.1, 0.15) is 5.69 Å². The van der Waals surface area contributed by atoms with E-state index in [9.17, 15) is 10.0 Å². The fourth-order valence-electron chi connectivity index (χ4n) is 3.51. The van der Waals surface area contributed by atoms with E-state index in [1.165, 1.54) is 12.4 Å². The Morgan fingerprint density at radius 2 is 1.87 bits per heavy atom. The van der Waals surface area contributed by atoms with E-state index in [1.54, 1.807) is 12.1 Å². The number of aromatic nitrogens is 5. The first-order valence-corrected chi connectivity index (χ1v) is 9.51. The molecular weight excluding hydrogens is 380 g/mol. The Morgan fingerprint density at radius 3 is 2.63 bits per heavy atom. The molecular formula is C22H18N6O2. The van der Waals surface area contributed by atoms with Crippen LogP contribution in [0.15, 0.2) is 67.0 Å². The van der Waals surface area contributed by atoms with Gasteiger partial charge in [0.2, 0.25) is 0 Å². The SMILES string of the molecule is C[C@@H](NC(=O)c1nc2cc3c(-c4cc[n+]([O-])cc4)n[nH]c3cc2[nH]1)c1ccccc1. The molecule has 0 saturated carbocycles. The highest BCUT2D eigenvalue weighted by molar-refractivity contribution is 6.02. The van der Waals surface area contributed by atoms with Gasteiger partial charge < -0.3 is 15.5 Å². The zero-order valence-electron chi connectivity index (χ0n) is 16.1. The number of carbonyl (C=O) groups excluding carboxylic acids is 1. The molecule has 1 atom stereocenters. The lowest BCUT2D eigenvalue weighted by Crippen LogP contribution is -2.27. The van der Waals surface area contributed by atoms with E-state index in [1.807, 2.05) is 49.4 Å². The Labute approximate surface area is 171 Å². The molecule has 148 valence electrons. The molecule has 3 heterocycles. The molecule has 30 heavy (non-hydrogen) atoms. The fraction of sp³-hybridized carbons (Fsp3) is 0.0909. The van der Waals surface area contributed by atoms with Gasteiger partial charge in [-0.15, -0.1) is 0 Å². The smallest absolute Gasteiger partial charge is 0.287 e. The predicted molar refractivity (Wildman–Crippen MR) is 112 cm³/mol. The molecule has 0 saturated heterocycles. The van der Waals surface area contributed by atoms with Crippen LogP contribution < -0.4 is 10.0 Å². The van der Waals surface area contributed by atoms with Gasteiger partial charge in [0.05, 0.1) is 22.6 Å². The number of nitrogens with zero attached hydrogens (tertiary/aromatic N) is 3. The Morgan fingerprint density at radius 1 is 1.10 bits per heavy atom. The first-order chi connectivity index (χ1) is 14.6. The first kappa shape index (κ1) is 17.9. The fourth-order valence-corrected chi connectivity index (χ4v) is 3.51. The number of nitrogens with one attached hydrogen (secondary N) is 3. The molecule has 5 aromatic rings. The summed E-state index contributed by atoms with van der Waals surface area (Å²) in [5.41, 5.74) is 4.77. The molecule has 3 N–H and O–H groups in total. The Bertz CT molecular complexity index is 1360. The van der Waals surface area contributed by atoms with Gasteiger partial charge in [-0.3, -0.25) is 9.89 Å². The molecule has 5 rings (SSSR count). The molecule has 0 spiro atoms. The van der Waals surface area contributed by atoms with Gasteiger partial charge in [0.25, 0.3) is 5.91 Å². The van der Waals surface area contributed by atoms with Crippen LogP contribution in [0.4, 0.5) is 0 Å². The monoisotopic (exact) mass is 398 g/mol. The lowest BCUT2D eigenvalue weighted by molar-refractivity contribution is -0.605. The number of hydrogen-bond donors (Lipinski definition) is 3. The van der Waals surface area contributed by atoms with E-state index in [0.29, 0.717) is 5.52 Å². The summed E-state index contributed by atoms with van der Waals surface area (Å²) >= 11 is 0. The molecule has 3 aromatic heterocycles. The van der Waals surface area contributed by atoms with Crippen molar-refractivity contribution in [2.75, 3.05) is 0 Å². The average Bonchev–Trinajstić information content (AvgIpc) is 3.37. The summed E-state index contributed by atoms with van der Waals surface area (Å²) in [6.45, 7) is 1.93. The van der Waals surface area contributed by atoms with Gasteiger partial charge in [-0.05, 0) is 24.6 Å². The van der Waals surface area contributed by atoms with Gasteiger partial charge >= 0.3 is 0 Å². The maximum atomic E-state index is 12.7. The number of hydrogen-bond acceptors (Lipinski definition) is 4. The standard InChI is InChI=1S/C22H18N6O2/c1-13(14-5-3-2-4-6-14)23-22(29)21-24-18-11-16-17(12-19(18)25-21)26-27-20(16)15-7-9-28(30)10-8-15/h2-13H,1H3,(H,23,29)(H,24,25)(H,26,27)/t13-/m1/s1. The van der Waals surface area contributed by atoms with Gasteiger partial charge in [-0.1, -0.05) is 30.3 Å². The van der Waals surface area contributed by atoms with E-state index in [4.69, 9.17) is 0 Å². The second kappa shape index (κ2) is 7.00. The Kier molecular flexibility index (Phi) is 4.17. The van der Waals surface area contributed by atoms with Crippen molar-refractivity contribution in [2.45, 2.75) is 13.0 Å².